The van der Waals surface area contributed by atoms with Crippen molar-refractivity contribution in [1.29, 1.82) is 0 Å². The highest BCUT2D eigenvalue weighted by Gasteiger charge is 2.13. The Labute approximate surface area is 182 Å². The quantitative estimate of drug-likeness (QED) is 0.515. The first-order chi connectivity index (χ1) is 14.7. The molecule has 0 amide bonds. The van der Waals surface area contributed by atoms with Gasteiger partial charge in [-0.05, 0) is 50.2 Å². The van der Waals surface area contributed by atoms with Gasteiger partial charge in [0, 0.05) is 35.6 Å². The third-order valence-electron chi connectivity index (χ3n) is 5.10. The Morgan fingerprint density at radius 2 is 1.80 bits per heavy atom. The molecule has 0 spiro atoms. The van der Waals surface area contributed by atoms with E-state index in [0.29, 0.717) is 13.2 Å². The maximum absolute atomic E-state index is 5.93. The summed E-state index contributed by atoms with van der Waals surface area (Å²) in [6.07, 6.45) is 0. The van der Waals surface area contributed by atoms with E-state index in [9.17, 15) is 0 Å². The summed E-state index contributed by atoms with van der Waals surface area (Å²) in [5, 5.41) is 1.01. The highest BCUT2D eigenvalue weighted by molar-refractivity contribution is 7.15. The van der Waals surface area contributed by atoms with E-state index in [2.05, 4.69) is 36.1 Å². The SMILES string of the molecule is CCOc1cccc(-c2nc(-c3ccc(OCCN4CCOCC4)cc3)c(C)s2)c1. The normalized spacial score (nSPS) is 14.6. The third kappa shape index (κ3) is 5.19. The first-order valence-electron chi connectivity index (χ1n) is 10.5. The lowest BCUT2D eigenvalue weighted by Crippen LogP contribution is -2.38. The number of rotatable bonds is 8. The van der Waals surface area contributed by atoms with Crippen LogP contribution in [0.5, 0.6) is 11.5 Å². The van der Waals surface area contributed by atoms with E-state index >= 15 is 0 Å². The lowest BCUT2D eigenvalue weighted by molar-refractivity contribution is 0.0322. The molecule has 0 aliphatic carbocycles. The van der Waals surface area contributed by atoms with Gasteiger partial charge in [0.2, 0.25) is 0 Å². The molecule has 0 bridgehead atoms. The number of ether oxygens (including phenoxy) is 3. The monoisotopic (exact) mass is 424 g/mol. The Hall–Kier alpha value is -2.41. The molecule has 0 radical (unpaired) electrons. The van der Waals surface area contributed by atoms with Gasteiger partial charge in [0.15, 0.2) is 0 Å². The van der Waals surface area contributed by atoms with Crippen molar-refractivity contribution in [1.82, 2.24) is 9.88 Å². The second kappa shape index (κ2) is 10.1. The molecule has 0 saturated carbocycles. The first-order valence-corrected chi connectivity index (χ1v) is 11.3. The van der Waals surface area contributed by atoms with E-state index < -0.39 is 0 Å². The van der Waals surface area contributed by atoms with Crippen molar-refractivity contribution in [3.63, 3.8) is 0 Å². The minimum Gasteiger partial charge on any atom is -0.494 e. The molecule has 1 saturated heterocycles. The Morgan fingerprint density at radius 3 is 2.57 bits per heavy atom. The zero-order chi connectivity index (χ0) is 20.8. The molecular weight excluding hydrogens is 396 g/mol. The summed E-state index contributed by atoms with van der Waals surface area (Å²) in [4.78, 5) is 8.48. The van der Waals surface area contributed by atoms with Crippen LogP contribution in [-0.2, 0) is 4.74 Å². The Morgan fingerprint density at radius 1 is 1.00 bits per heavy atom. The van der Waals surface area contributed by atoms with E-state index in [1.54, 1.807) is 11.3 Å². The molecule has 6 heteroatoms. The van der Waals surface area contributed by atoms with Gasteiger partial charge in [-0.15, -0.1) is 11.3 Å². The molecule has 158 valence electrons. The highest BCUT2D eigenvalue weighted by atomic mass is 32.1. The summed E-state index contributed by atoms with van der Waals surface area (Å²) < 4.78 is 16.9. The third-order valence-corrected chi connectivity index (χ3v) is 6.12. The second-order valence-electron chi connectivity index (χ2n) is 7.21. The van der Waals surface area contributed by atoms with Crippen molar-refractivity contribution >= 4 is 11.3 Å². The number of thiazole rings is 1. The first kappa shape index (κ1) is 20.8. The zero-order valence-corrected chi connectivity index (χ0v) is 18.4. The van der Waals surface area contributed by atoms with Crippen molar-refractivity contribution in [2.75, 3.05) is 46.1 Å². The van der Waals surface area contributed by atoms with E-state index in [1.165, 1.54) is 4.88 Å². The van der Waals surface area contributed by atoms with Gasteiger partial charge in [-0.25, -0.2) is 4.98 Å². The summed E-state index contributed by atoms with van der Waals surface area (Å²) in [5.41, 5.74) is 3.22. The number of benzene rings is 2. The Bertz CT molecular complexity index is 949. The molecule has 4 rings (SSSR count). The maximum Gasteiger partial charge on any atom is 0.124 e. The molecule has 3 aromatic rings. The number of morpholine rings is 1. The van der Waals surface area contributed by atoms with Crippen LogP contribution in [-0.4, -0.2) is 55.9 Å². The van der Waals surface area contributed by atoms with Crippen LogP contribution in [0.1, 0.15) is 11.8 Å². The summed E-state index contributed by atoms with van der Waals surface area (Å²) in [7, 11) is 0. The predicted octanol–water partition coefficient (Wildman–Crippen LogP) is 4.90. The van der Waals surface area contributed by atoms with Gasteiger partial charge in [0.05, 0.1) is 25.5 Å². The zero-order valence-electron chi connectivity index (χ0n) is 17.6. The highest BCUT2D eigenvalue weighted by Crippen LogP contribution is 2.35. The fourth-order valence-electron chi connectivity index (χ4n) is 3.50. The fourth-order valence-corrected chi connectivity index (χ4v) is 4.43. The lowest BCUT2D eigenvalue weighted by atomic mass is 10.1. The molecule has 1 aliphatic rings. The standard InChI is InChI=1S/C24H28N2O3S/c1-3-28-22-6-4-5-20(17-22)24-25-23(18(2)30-24)19-7-9-21(10-8-19)29-16-13-26-11-14-27-15-12-26/h4-10,17H,3,11-16H2,1-2H3. The molecule has 0 unspecified atom stereocenters. The number of aromatic nitrogens is 1. The molecule has 1 fully saturated rings. The van der Waals surface area contributed by atoms with Gasteiger partial charge in [-0.3, -0.25) is 4.90 Å². The van der Waals surface area contributed by atoms with Crippen LogP contribution in [0.25, 0.3) is 21.8 Å². The molecule has 30 heavy (non-hydrogen) atoms. The van der Waals surface area contributed by atoms with Crippen molar-refractivity contribution in [2.45, 2.75) is 13.8 Å². The molecule has 2 heterocycles. The van der Waals surface area contributed by atoms with Crippen LogP contribution in [0.2, 0.25) is 0 Å². The van der Waals surface area contributed by atoms with Crippen molar-refractivity contribution in [3.05, 3.63) is 53.4 Å². The minimum absolute atomic E-state index is 0.659. The lowest BCUT2D eigenvalue weighted by Gasteiger charge is -2.26. The average Bonchev–Trinajstić information content (AvgIpc) is 3.17. The minimum atomic E-state index is 0.659. The van der Waals surface area contributed by atoms with Gasteiger partial charge in [0.1, 0.15) is 23.1 Å². The molecule has 1 aromatic heterocycles. The van der Waals surface area contributed by atoms with Crippen molar-refractivity contribution < 1.29 is 14.2 Å². The Kier molecular flexibility index (Phi) is 7.00. The molecule has 5 nitrogen and oxygen atoms in total. The van der Waals surface area contributed by atoms with E-state index in [-0.39, 0.29) is 0 Å². The van der Waals surface area contributed by atoms with Crippen LogP contribution in [0.3, 0.4) is 0 Å². The topological polar surface area (TPSA) is 43.8 Å². The Balaban J connectivity index is 1.41. The van der Waals surface area contributed by atoms with Crippen LogP contribution in [0.4, 0.5) is 0 Å². The van der Waals surface area contributed by atoms with E-state index in [4.69, 9.17) is 19.2 Å². The predicted molar refractivity (Wildman–Crippen MR) is 122 cm³/mol. The smallest absolute Gasteiger partial charge is 0.124 e. The number of hydrogen-bond acceptors (Lipinski definition) is 6. The maximum atomic E-state index is 5.93. The van der Waals surface area contributed by atoms with Crippen molar-refractivity contribution in [3.8, 4) is 33.3 Å². The van der Waals surface area contributed by atoms with Crippen molar-refractivity contribution in [2.24, 2.45) is 0 Å². The summed E-state index contributed by atoms with van der Waals surface area (Å²) in [6, 6.07) is 16.4. The fraction of sp³-hybridized carbons (Fsp3) is 0.375. The number of aryl methyl sites for hydroxylation is 1. The molecular formula is C24H28N2O3S. The largest absolute Gasteiger partial charge is 0.494 e. The van der Waals surface area contributed by atoms with Crippen LogP contribution >= 0.6 is 11.3 Å². The number of hydrogen-bond donors (Lipinski definition) is 0. The summed E-state index contributed by atoms with van der Waals surface area (Å²) in [5.74, 6) is 1.77. The molecule has 0 atom stereocenters. The van der Waals surface area contributed by atoms with Crippen LogP contribution < -0.4 is 9.47 Å². The van der Waals surface area contributed by atoms with Gasteiger partial charge >= 0.3 is 0 Å². The average molecular weight is 425 g/mol. The number of nitrogens with zero attached hydrogens (tertiary/aromatic N) is 2. The van der Waals surface area contributed by atoms with E-state index in [0.717, 1.165) is 66.2 Å². The summed E-state index contributed by atoms with van der Waals surface area (Å²) >= 11 is 1.71. The van der Waals surface area contributed by atoms with Gasteiger partial charge in [-0.1, -0.05) is 12.1 Å². The van der Waals surface area contributed by atoms with Gasteiger partial charge < -0.3 is 14.2 Å². The molecule has 0 N–H and O–H groups in total. The van der Waals surface area contributed by atoms with Crippen LogP contribution in [0, 0.1) is 6.92 Å². The molecule has 1 aliphatic heterocycles. The van der Waals surface area contributed by atoms with Crippen LogP contribution in [0.15, 0.2) is 48.5 Å². The summed E-state index contributed by atoms with van der Waals surface area (Å²) in [6.45, 7) is 10.0. The van der Waals surface area contributed by atoms with Gasteiger partial charge in [0.25, 0.3) is 0 Å². The second-order valence-corrected chi connectivity index (χ2v) is 8.41. The molecule has 2 aromatic carbocycles. The van der Waals surface area contributed by atoms with E-state index in [1.807, 2.05) is 31.2 Å². The van der Waals surface area contributed by atoms with Gasteiger partial charge in [-0.2, -0.15) is 0 Å².